The molecule has 0 radical (unpaired) electrons. The number of hydrogen-bond acceptors (Lipinski definition) is 4. The Labute approximate surface area is 121 Å². The van der Waals surface area contributed by atoms with Gasteiger partial charge in [-0.15, -0.1) is 11.3 Å². The molecule has 1 aliphatic carbocycles. The Morgan fingerprint density at radius 3 is 2.80 bits per heavy atom. The summed E-state index contributed by atoms with van der Waals surface area (Å²) in [5.74, 6) is -0.760. The molecule has 1 aromatic rings. The number of carboxylic acid groups (broad SMARTS) is 1. The monoisotopic (exact) mass is 294 g/mol. The number of fused-ring (bicyclic) bond motifs is 1. The summed E-state index contributed by atoms with van der Waals surface area (Å²) in [5.41, 5.74) is 0.393. The number of rotatable bonds is 2. The molecule has 3 rings (SSSR count). The van der Waals surface area contributed by atoms with Gasteiger partial charge in [0.25, 0.3) is 5.91 Å². The van der Waals surface area contributed by atoms with E-state index in [1.54, 1.807) is 10.3 Å². The van der Waals surface area contributed by atoms with Crippen molar-refractivity contribution in [2.45, 2.75) is 51.1 Å². The van der Waals surface area contributed by atoms with Crippen LogP contribution in [0, 0.1) is 12.8 Å². The Balaban J connectivity index is 1.90. The molecule has 1 N–H and O–H groups in total. The first kappa shape index (κ1) is 13.5. The Bertz CT molecular complexity index is 542. The van der Waals surface area contributed by atoms with Crippen LogP contribution in [0.3, 0.4) is 0 Å². The SMILES string of the molecule is Cc1nc(C(=O)N2[C@H](C(=O)O)C[C@@H]3CCCC[C@@H]32)cs1. The number of aliphatic carboxylic acids is 1. The van der Waals surface area contributed by atoms with Crippen LogP contribution in [-0.4, -0.2) is 39.0 Å². The van der Waals surface area contributed by atoms with E-state index in [0.717, 1.165) is 30.7 Å². The van der Waals surface area contributed by atoms with Crippen LogP contribution in [0.15, 0.2) is 5.38 Å². The Morgan fingerprint density at radius 2 is 2.15 bits per heavy atom. The molecule has 0 aromatic carbocycles. The molecule has 1 aromatic heterocycles. The smallest absolute Gasteiger partial charge is 0.326 e. The van der Waals surface area contributed by atoms with Crippen molar-refractivity contribution in [3.8, 4) is 0 Å². The molecule has 1 saturated carbocycles. The van der Waals surface area contributed by atoms with E-state index in [4.69, 9.17) is 0 Å². The summed E-state index contributed by atoms with van der Waals surface area (Å²) in [5, 5.41) is 12.0. The summed E-state index contributed by atoms with van der Waals surface area (Å²) < 4.78 is 0. The minimum Gasteiger partial charge on any atom is -0.480 e. The van der Waals surface area contributed by atoms with Crippen LogP contribution in [0.2, 0.25) is 0 Å². The number of hydrogen-bond donors (Lipinski definition) is 1. The molecular formula is C14H18N2O3S. The summed E-state index contributed by atoms with van der Waals surface area (Å²) in [6.45, 7) is 1.85. The van der Waals surface area contributed by atoms with Crippen molar-refractivity contribution >= 4 is 23.2 Å². The first-order valence-corrected chi connectivity index (χ1v) is 7.93. The van der Waals surface area contributed by atoms with Crippen LogP contribution >= 0.6 is 11.3 Å². The van der Waals surface area contributed by atoms with E-state index in [1.807, 2.05) is 6.92 Å². The van der Waals surface area contributed by atoms with Gasteiger partial charge in [0.15, 0.2) is 0 Å². The van der Waals surface area contributed by atoms with Gasteiger partial charge in [0, 0.05) is 11.4 Å². The molecule has 2 fully saturated rings. The fourth-order valence-corrected chi connectivity index (χ4v) is 4.15. The van der Waals surface area contributed by atoms with Gasteiger partial charge in [0.05, 0.1) is 5.01 Å². The predicted octanol–water partition coefficient (Wildman–Crippen LogP) is 2.31. The van der Waals surface area contributed by atoms with Gasteiger partial charge in [-0.3, -0.25) is 4.79 Å². The van der Waals surface area contributed by atoms with Gasteiger partial charge in [0.2, 0.25) is 0 Å². The van der Waals surface area contributed by atoms with Crippen molar-refractivity contribution in [3.05, 3.63) is 16.1 Å². The number of aryl methyl sites for hydroxylation is 1. The highest BCUT2D eigenvalue weighted by Crippen LogP contribution is 2.40. The number of carbonyl (C=O) groups excluding carboxylic acids is 1. The molecule has 2 aliphatic rings. The first-order chi connectivity index (χ1) is 9.58. The molecule has 108 valence electrons. The van der Waals surface area contributed by atoms with Gasteiger partial charge >= 0.3 is 5.97 Å². The molecule has 6 heteroatoms. The largest absolute Gasteiger partial charge is 0.480 e. The third-order valence-corrected chi connectivity index (χ3v) is 5.22. The van der Waals surface area contributed by atoms with Crippen LogP contribution in [0.4, 0.5) is 0 Å². The maximum absolute atomic E-state index is 12.6. The summed E-state index contributed by atoms with van der Waals surface area (Å²) in [6.07, 6.45) is 4.77. The van der Waals surface area contributed by atoms with E-state index in [1.165, 1.54) is 11.3 Å². The quantitative estimate of drug-likeness (QED) is 0.908. The third-order valence-electron chi connectivity index (χ3n) is 4.45. The standard InChI is InChI=1S/C14H18N2O3S/c1-8-15-10(7-20-8)13(17)16-11-5-3-2-4-9(11)6-12(16)14(18)19/h7,9,11-12H,2-6H2,1H3,(H,18,19)/t9-,11-,12-/m0/s1. The molecule has 1 saturated heterocycles. The van der Waals surface area contributed by atoms with Crippen LogP contribution in [0.5, 0.6) is 0 Å². The van der Waals surface area contributed by atoms with E-state index in [9.17, 15) is 14.7 Å². The molecule has 0 spiro atoms. The zero-order valence-electron chi connectivity index (χ0n) is 11.4. The minimum atomic E-state index is -0.889. The number of carbonyl (C=O) groups is 2. The molecule has 3 atom stereocenters. The number of likely N-dealkylation sites (tertiary alicyclic amines) is 1. The lowest BCUT2D eigenvalue weighted by Crippen LogP contribution is -2.46. The highest BCUT2D eigenvalue weighted by Gasteiger charge is 2.48. The minimum absolute atomic E-state index is 0.0827. The van der Waals surface area contributed by atoms with Gasteiger partial charge in [-0.05, 0) is 32.1 Å². The molecular weight excluding hydrogens is 276 g/mol. The summed E-state index contributed by atoms with van der Waals surface area (Å²) in [6, 6.07) is -0.600. The second kappa shape index (κ2) is 5.16. The van der Waals surface area contributed by atoms with E-state index in [-0.39, 0.29) is 11.9 Å². The number of thiazole rings is 1. The van der Waals surface area contributed by atoms with Crippen LogP contribution < -0.4 is 0 Å². The Kier molecular flexibility index (Phi) is 3.50. The second-order valence-corrected chi connectivity index (χ2v) is 6.73. The average Bonchev–Trinajstić information content (AvgIpc) is 3.01. The maximum atomic E-state index is 12.6. The first-order valence-electron chi connectivity index (χ1n) is 7.05. The number of amides is 1. The van der Waals surface area contributed by atoms with Crippen LogP contribution in [0.1, 0.15) is 47.6 Å². The van der Waals surface area contributed by atoms with Crippen molar-refractivity contribution in [1.82, 2.24) is 9.88 Å². The molecule has 0 bridgehead atoms. The second-order valence-electron chi connectivity index (χ2n) is 5.67. The lowest BCUT2D eigenvalue weighted by atomic mass is 9.84. The number of carboxylic acids is 1. The van der Waals surface area contributed by atoms with Crippen molar-refractivity contribution in [3.63, 3.8) is 0 Å². The third kappa shape index (κ3) is 2.22. The fraction of sp³-hybridized carbons (Fsp3) is 0.643. The predicted molar refractivity (Wildman–Crippen MR) is 74.8 cm³/mol. The number of nitrogens with zero attached hydrogens (tertiary/aromatic N) is 2. The normalized spacial score (nSPS) is 29.2. The lowest BCUT2D eigenvalue weighted by Gasteiger charge is -2.32. The molecule has 1 aliphatic heterocycles. The van der Waals surface area contributed by atoms with E-state index >= 15 is 0 Å². The van der Waals surface area contributed by atoms with Crippen LogP contribution in [-0.2, 0) is 4.79 Å². The highest BCUT2D eigenvalue weighted by molar-refractivity contribution is 7.09. The fourth-order valence-electron chi connectivity index (χ4n) is 3.57. The van der Waals surface area contributed by atoms with Crippen molar-refractivity contribution in [2.75, 3.05) is 0 Å². The maximum Gasteiger partial charge on any atom is 0.326 e. The Morgan fingerprint density at radius 1 is 1.40 bits per heavy atom. The summed E-state index contributed by atoms with van der Waals surface area (Å²) >= 11 is 1.42. The van der Waals surface area contributed by atoms with Gasteiger partial charge in [-0.1, -0.05) is 12.8 Å². The molecule has 1 amide bonds. The van der Waals surface area contributed by atoms with Crippen molar-refractivity contribution in [2.24, 2.45) is 5.92 Å². The lowest BCUT2D eigenvalue weighted by molar-refractivity contribution is -0.141. The van der Waals surface area contributed by atoms with Gasteiger partial charge in [0.1, 0.15) is 11.7 Å². The van der Waals surface area contributed by atoms with E-state index in [2.05, 4.69) is 4.98 Å². The molecule has 2 heterocycles. The van der Waals surface area contributed by atoms with Crippen molar-refractivity contribution in [1.29, 1.82) is 0 Å². The Hall–Kier alpha value is -1.43. The highest BCUT2D eigenvalue weighted by atomic mass is 32.1. The molecule has 5 nitrogen and oxygen atoms in total. The zero-order valence-corrected chi connectivity index (χ0v) is 12.2. The van der Waals surface area contributed by atoms with Crippen LogP contribution in [0.25, 0.3) is 0 Å². The van der Waals surface area contributed by atoms with Gasteiger partial charge in [-0.25, -0.2) is 9.78 Å². The van der Waals surface area contributed by atoms with Gasteiger partial charge < -0.3 is 10.0 Å². The van der Waals surface area contributed by atoms with Crippen molar-refractivity contribution < 1.29 is 14.7 Å². The molecule has 20 heavy (non-hydrogen) atoms. The average molecular weight is 294 g/mol. The number of aromatic nitrogens is 1. The summed E-state index contributed by atoms with van der Waals surface area (Å²) in [7, 11) is 0. The van der Waals surface area contributed by atoms with E-state index in [0.29, 0.717) is 18.0 Å². The molecule has 0 unspecified atom stereocenters. The summed E-state index contributed by atoms with van der Waals surface area (Å²) in [4.78, 5) is 29.9. The zero-order chi connectivity index (χ0) is 14.3. The van der Waals surface area contributed by atoms with Gasteiger partial charge in [-0.2, -0.15) is 0 Å². The van der Waals surface area contributed by atoms with E-state index < -0.39 is 12.0 Å². The topological polar surface area (TPSA) is 70.5 Å².